The molecule has 0 amide bonds. The molecule has 0 spiro atoms. The number of nitrogens with zero attached hydrogens (tertiary/aromatic N) is 2. The summed E-state index contributed by atoms with van der Waals surface area (Å²) in [5, 5.41) is 14.2. The van der Waals surface area contributed by atoms with Crippen LogP contribution in [0.25, 0.3) is 0 Å². The van der Waals surface area contributed by atoms with Crippen molar-refractivity contribution >= 4 is 11.8 Å². The van der Waals surface area contributed by atoms with E-state index in [-0.39, 0.29) is 5.92 Å². The van der Waals surface area contributed by atoms with Crippen LogP contribution in [-0.4, -0.2) is 22.0 Å². The Bertz CT molecular complexity index is 657. The van der Waals surface area contributed by atoms with E-state index in [1.54, 1.807) is 6.07 Å². The maximum Gasteiger partial charge on any atom is 0.135 e. The monoisotopic (exact) mass is 312 g/mol. The predicted molar refractivity (Wildman–Crippen MR) is 87.9 cm³/mol. The van der Waals surface area contributed by atoms with Crippen LogP contribution in [0.1, 0.15) is 37.4 Å². The first-order valence-corrected chi connectivity index (χ1v) is 7.80. The first kappa shape index (κ1) is 16.9. The van der Waals surface area contributed by atoms with E-state index in [1.165, 1.54) is 0 Å². The van der Waals surface area contributed by atoms with Crippen LogP contribution >= 0.6 is 0 Å². The summed E-state index contributed by atoms with van der Waals surface area (Å²) in [6.07, 6.45) is 1.09. The molecule has 5 nitrogen and oxygen atoms in total. The second kappa shape index (κ2) is 7.72. The Balaban J connectivity index is 2.17. The summed E-state index contributed by atoms with van der Waals surface area (Å²) in [7, 11) is 0. The zero-order chi connectivity index (χ0) is 16.8. The molecule has 0 unspecified atom stereocenters. The van der Waals surface area contributed by atoms with Crippen molar-refractivity contribution in [2.75, 3.05) is 5.32 Å². The van der Waals surface area contributed by atoms with Crippen LogP contribution in [0.15, 0.2) is 36.4 Å². The van der Waals surface area contributed by atoms with Gasteiger partial charge in [-0.25, -0.2) is 9.97 Å². The molecule has 5 heteroatoms. The van der Waals surface area contributed by atoms with Gasteiger partial charge in [-0.2, -0.15) is 0 Å². The molecule has 0 aliphatic heterocycles. The Hall–Kier alpha value is -2.43. The molecule has 0 saturated heterocycles. The number of aliphatic carboxylic acids is 1. The lowest BCUT2D eigenvalue weighted by molar-refractivity contribution is -0.307. The third-order valence-corrected chi connectivity index (χ3v) is 3.42. The zero-order valence-corrected chi connectivity index (χ0v) is 13.7. The average molecular weight is 312 g/mol. The minimum absolute atomic E-state index is 0.247. The molecule has 23 heavy (non-hydrogen) atoms. The number of carbonyl (C=O) groups is 1. The van der Waals surface area contributed by atoms with E-state index in [9.17, 15) is 9.90 Å². The van der Waals surface area contributed by atoms with Gasteiger partial charge in [-0.1, -0.05) is 44.2 Å². The van der Waals surface area contributed by atoms with E-state index in [2.05, 4.69) is 15.3 Å². The van der Waals surface area contributed by atoms with Gasteiger partial charge in [0, 0.05) is 18.2 Å². The van der Waals surface area contributed by atoms with Gasteiger partial charge in [0.05, 0.1) is 12.0 Å². The van der Waals surface area contributed by atoms with Gasteiger partial charge in [-0.05, 0) is 24.8 Å². The van der Waals surface area contributed by atoms with Crippen LogP contribution in [0.2, 0.25) is 0 Å². The first-order valence-electron chi connectivity index (χ1n) is 7.80. The average Bonchev–Trinajstić information content (AvgIpc) is 2.46. The third-order valence-electron chi connectivity index (χ3n) is 3.42. The lowest BCUT2D eigenvalue weighted by atomic mass is 10.0. The number of anilines is 1. The lowest BCUT2D eigenvalue weighted by Crippen LogP contribution is -2.42. The Morgan fingerprint density at radius 1 is 1.22 bits per heavy atom. The summed E-state index contributed by atoms with van der Waals surface area (Å²) in [5.41, 5.74) is 1.91. The van der Waals surface area contributed by atoms with Gasteiger partial charge in [0.15, 0.2) is 0 Å². The maximum absolute atomic E-state index is 11.3. The van der Waals surface area contributed by atoms with Crippen LogP contribution in [-0.2, 0) is 11.2 Å². The summed E-state index contributed by atoms with van der Waals surface area (Å²) in [6.45, 7) is 5.82. The second-order valence-electron chi connectivity index (χ2n) is 6.12. The molecule has 1 aromatic heterocycles. The molecule has 0 aliphatic carbocycles. The molecule has 0 radical (unpaired) electrons. The Kier molecular flexibility index (Phi) is 5.68. The van der Waals surface area contributed by atoms with E-state index in [0.717, 1.165) is 11.3 Å². The van der Waals surface area contributed by atoms with Crippen LogP contribution in [0.3, 0.4) is 0 Å². The summed E-state index contributed by atoms with van der Waals surface area (Å²) in [5.74, 6) is 0.329. The molecule has 1 aromatic carbocycles. The van der Waals surface area contributed by atoms with Gasteiger partial charge < -0.3 is 15.2 Å². The molecule has 0 aliphatic rings. The standard InChI is InChI=1S/C18H23N3O2/c1-12(2)9-15(18(22)23)20-16-10-13(3)19-17(21-16)11-14-7-5-4-6-8-14/h4-8,10,12,15H,9,11H2,1-3H3,(H,22,23)(H,19,20,21)/p-1/t15-/m0/s1. The molecular formula is C18H22N3O2-. The number of nitrogens with one attached hydrogen (secondary N) is 1. The fourth-order valence-corrected chi connectivity index (χ4v) is 2.43. The quantitative estimate of drug-likeness (QED) is 0.845. The highest BCUT2D eigenvalue weighted by molar-refractivity contribution is 5.74. The van der Waals surface area contributed by atoms with Crippen molar-refractivity contribution in [3.8, 4) is 0 Å². The number of carboxylic acid groups (broad SMARTS) is 1. The van der Waals surface area contributed by atoms with Crippen molar-refractivity contribution in [3.63, 3.8) is 0 Å². The Morgan fingerprint density at radius 3 is 2.52 bits per heavy atom. The van der Waals surface area contributed by atoms with Gasteiger partial charge in [-0.15, -0.1) is 0 Å². The highest BCUT2D eigenvalue weighted by atomic mass is 16.4. The third kappa shape index (κ3) is 5.36. The number of aromatic nitrogens is 2. The highest BCUT2D eigenvalue weighted by Gasteiger charge is 2.13. The van der Waals surface area contributed by atoms with Crippen LogP contribution in [0.4, 0.5) is 5.82 Å². The van der Waals surface area contributed by atoms with Crippen molar-refractivity contribution in [2.24, 2.45) is 5.92 Å². The fraction of sp³-hybridized carbons (Fsp3) is 0.389. The largest absolute Gasteiger partial charge is 0.548 e. The molecular weight excluding hydrogens is 290 g/mol. The van der Waals surface area contributed by atoms with E-state index < -0.39 is 12.0 Å². The van der Waals surface area contributed by atoms with E-state index in [1.807, 2.05) is 51.1 Å². The van der Waals surface area contributed by atoms with E-state index in [4.69, 9.17) is 0 Å². The summed E-state index contributed by atoms with van der Waals surface area (Å²) >= 11 is 0. The lowest BCUT2D eigenvalue weighted by Gasteiger charge is -2.22. The summed E-state index contributed by atoms with van der Waals surface area (Å²) < 4.78 is 0. The highest BCUT2D eigenvalue weighted by Crippen LogP contribution is 2.14. The number of aryl methyl sites for hydroxylation is 1. The molecule has 1 heterocycles. The first-order chi connectivity index (χ1) is 10.9. The molecule has 2 rings (SSSR count). The molecule has 0 fully saturated rings. The van der Waals surface area contributed by atoms with Crippen molar-refractivity contribution in [3.05, 3.63) is 53.5 Å². The summed E-state index contributed by atoms with van der Waals surface area (Å²) in [4.78, 5) is 20.2. The molecule has 0 saturated carbocycles. The topological polar surface area (TPSA) is 77.9 Å². The normalized spacial score (nSPS) is 12.2. The summed E-state index contributed by atoms with van der Waals surface area (Å²) in [6, 6.07) is 10.9. The fourth-order valence-electron chi connectivity index (χ4n) is 2.43. The number of hydrogen-bond acceptors (Lipinski definition) is 5. The minimum Gasteiger partial charge on any atom is -0.548 e. The number of rotatable bonds is 7. The Labute approximate surface area is 136 Å². The molecule has 0 bridgehead atoms. The van der Waals surface area contributed by atoms with Crippen molar-refractivity contribution in [1.82, 2.24) is 9.97 Å². The van der Waals surface area contributed by atoms with Gasteiger partial charge >= 0.3 is 0 Å². The SMILES string of the molecule is Cc1cc(N[C@@H](CC(C)C)C(=O)[O-])nc(Cc2ccccc2)n1. The van der Waals surface area contributed by atoms with Crippen molar-refractivity contribution in [1.29, 1.82) is 0 Å². The maximum atomic E-state index is 11.3. The molecule has 2 aromatic rings. The van der Waals surface area contributed by atoms with Gasteiger partial charge in [0.1, 0.15) is 11.6 Å². The molecule has 1 atom stereocenters. The predicted octanol–water partition coefficient (Wildman–Crippen LogP) is 1.95. The minimum atomic E-state index is -1.11. The van der Waals surface area contributed by atoms with E-state index in [0.29, 0.717) is 24.5 Å². The van der Waals surface area contributed by atoms with Gasteiger partial charge in [0.2, 0.25) is 0 Å². The number of benzene rings is 1. The number of carboxylic acids is 1. The zero-order valence-electron chi connectivity index (χ0n) is 13.7. The molecule has 1 N–H and O–H groups in total. The van der Waals surface area contributed by atoms with E-state index >= 15 is 0 Å². The Morgan fingerprint density at radius 2 is 1.91 bits per heavy atom. The van der Waals surface area contributed by atoms with Crippen LogP contribution in [0.5, 0.6) is 0 Å². The van der Waals surface area contributed by atoms with Gasteiger partial charge in [-0.3, -0.25) is 0 Å². The molecule has 122 valence electrons. The van der Waals surface area contributed by atoms with Gasteiger partial charge in [0.25, 0.3) is 0 Å². The van der Waals surface area contributed by atoms with Crippen molar-refractivity contribution < 1.29 is 9.90 Å². The number of carbonyl (C=O) groups excluding carboxylic acids is 1. The van der Waals surface area contributed by atoms with Crippen LogP contribution in [0, 0.1) is 12.8 Å². The number of hydrogen-bond donors (Lipinski definition) is 1. The van der Waals surface area contributed by atoms with Crippen molar-refractivity contribution in [2.45, 2.75) is 39.7 Å². The smallest absolute Gasteiger partial charge is 0.135 e. The van der Waals surface area contributed by atoms with Crippen LogP contribution < -0.4 is 10.4 Å². The second-order valence-corrected chi connectivity index (χ2v) is 6.12.